The molecule has 3 atom stereocenters. The molecule has 0 radical (unpaired) electrons. The lowest BCUT2D eigenvalue weighted by Gasteiger charge is -2.35. The van der Waals surface area contributed by atoms with Gasteiger partial charge in [-0.3, -0.25) is 14.4 Å². The van der Waals surface area contributed by atoms with Crippen LogP contribution in [-0.4, -0.2) is 105 Å². The van der Waals surface area contributed by atoms with E-state index in [9.17, 15) is 19.5 Å². The molecule has 4 aliphatic rings. The quantitative estimate of drug-likeness (QED) is 0.323. The van der Waals surface area contributed by atoms with Gasteiger partial charge in [-0.2, -0.15) is 0 Å². The summed E-state index contributed by atoms with van der Waals surface area (Å²) in [7, 11) is 0. The molecule has 0 saturated carbocycles. The summed E-state index contributed by atoms with van der Waals surface area (Å²) < 4.78 is 31.6. The molecule has 4 fully saturated rings. The van der Waals surface area contributed by atoms with E-state index in [1.807, 2.05) is 10.0 Å². The van der Waals surface area contributed by atoms with E-state index in [-0.39, 0.29) is 24.6 Å². The number of aliphatic hydroxyl groups is 1. The Hall–Kier alpha value is -1.83. The van der Waals surface area contributed by atoms with Gasteiger partial charge >= 0.3 is 17.9 Å². The maximum atomic E-state index is 12.8. The summed E-state index contributed by atoms with van der Waals surface area (Å²) in [5.74, 6) is -1.56. The summed E-state index contributed by atoms with van der Waals surface area (Å²) in [6.07, 6.45) is 4.36. The molecule has 1 unspecified atom stereocenters. The first-order chi connectivity index (χ1) is 17.5. The minimum absolute atomic E-state index is 0.0345. The van der Waals surface area contributed by atoms with Crippen molar-refractivity contribution in [3.8, 4) is 0 Å². The molecule has 4 aliphatic heterocycles. The van der Waals surface area contributed by atoms with E-state index in [0.717, 1.165) is 12.8 Å². The first-order valence-corrected chi connectivity index (χ1v) is 13.0. The molecule has 12 nitrogen and oxygen atoms in total. The smallest absolute Gasteiger partial charge is 0.327 e. The Morgan fingerprint density at radius 3 is 1.81 bits per heavy atom. The van der Waals surface area contributed by atoms with Crippen LogP contribution in [0.2, 0.25) is 0 Å². The first kappa shape index (κ1) is 27.2. The summed E-state index contributed by atoms with van der Waals surface area (Å²) in [5, 5.41) is 13.9. The van der Waals surface area contributed by atoms with Gasteiger partial charge in [0.05, 0.1) is 5.92 Å². The van der Waals surface area contributed by atoms with Gasteiger partial charge in [0.2, 0.25) is 6.79 Å². The molecule has 4 saturated heterocycles. The van der Waals surface area contributed by atoms with Crippen molar-refractivity contribution in [1.29, 1.82) is 0 Å². The maximum Gasteiger partial charge on any atom is 0.327 e. The third-order valence-corrected chi connectivity index (χ3v) is 7.39. The number of ether oxygens (including phenoxy) is 6. The Bertz CT molecular complexity index is 740. The van der Waals surface area contributed by atoms with Crippen molar-refractivity contribution in [2.75, 3.05) is 53.1 Å². The lowest BCUT2D eigenvalue weighted by atomic mass is 10.00. The lowest BCUT2D eigenvalue weighted by molar-refractivity contribution is -0.211. The highest BCUT2D eigenvalue weighted by molar-refractivity contribution is 5.78. The van der Waals surface area contributed by atoms with E-state index in [0.29, 0.717) is 78.0 Å². The third kappa shape index (κ3) is 7.14. The number of hydrogen-bond donors (Lipinski definition) is 1. The van der Waals surface area contributed by atoms with Crippen LogP contribution in [-0.2, 0) is 42.8 Å². The van der Waals surface area contributed by atoms with Gasteiger partial charge in [0.25, 0.3) is 0 Å². The summed E-state index contributed by atoms with van der Waals surface area (Å²) in [4.78, 5) is 37.7. The van der Waals surface area contributed by atoms with Gasteiger partial charge in [0, 0.05) is 45.4 Å². The molecule has 0 spiro atoms. The molecule has 4 heterocycles. The van der Waals surface area contributed by atoms with Crippen LogP contribution in [0.3, 0.4) is 0 Å². The van der Waals surface area contributed by atoms with Gasteiger partial charge in [-0.15, -0.1) is 0 Å². The molecule has 0 aliphatic carbocycles. The second-order valence-electron chi connectivity index (χ2n) is 9.66. The molecule has 0 aromatic heterocycles. The van der Waals surface area contributed by atoms with Crippen LogP contribution in [0, 0.1) is 11.8 Å². The SMILES string of the molecule is O=C(OCOC(=O)[C@H]1CCCN1N1CCC[C@@H]1C(=O)OCOC(O)C1CCOCC1)C1CCOCC1. The summed E-state index contributed by atoms with van der Waals surface area (Å²) in [6.45, 7) is 2.71. The van der Waals surface area contributed by atoms with Crippen LogP contribution in [0.1, 0.15) is 51.4 Å². The molecular formula is C24H38N2O10. The van der Waals surface area contributed by atoms with E-state index in [1.54, 1.807) is 0 Å². The van der Waals surface area contributed by atoms with Gasteiger partial charge in [0.1, 0.15) is 12.1 Å². The Kier molecular flexibility index (Phi) is 10.3. The van der Waals surface area contributed by atoms with Gasteiger partial charge in [-0.05, 0) is 51.4 Å². The zero-order valence-corrected chi connectivity index (χ0v) is 20.7. The van der Waals surface area contributed by atoms with Gasteiger partial charge in [-0.1, -0.05) is 0 Å². The van der Waals surface area contributed by atoms with Crippen molar-refractivity contribution in [2.24, 2.45) is 11.8 Å². The Labute approximate surface area is 211 Å². The van der Waals surface area contributed by atoms with Crippen LogP contribution in [0.15, 0.2) is 0 Å². The number of hydrazine groups is 1. The van der Waals surface area contributed by atoms with Crippen LogP contribution in [0.5, 0.6) is 0 Å². The van der Waals surface area contributed by atoms with Crippen molar-refractivity contribution in [3.63, 3.8) is 0 Å². The molecule has 0 bridgehead atoms. The van der Waals surface area contributed by atoms with Crippen molar-refractivity contribution in [3.05, 3.63) is 0 Å². The maximum absolute atomic E-state index is 12.8. The fourth-order valence-corrected chi connectivity index (χ4v) is 5.29. The predicted octanol–water partition coefficient (Wildman–Crippen LogP) is 0.563. The van der Waals surface area contributed by atoms with E-state index < -0.39 is 37.1 Å². The zero-order valence-electron chi connectivity index (χ0n) is 20.7. The average Bonchev–Trinajstić information content (AvgIpc) is 3.59. The zero-order chi connectivity index (χ0) is 25.3. The molecule has 0 amide bonds. The first-order valence-electron chi connectivity index (χ1n) is 13.0. The lowest BCUT2D eigenvalue weighted by Crippen LogP contribution is -2.53. The molecule has 0 aromatic rings. The van der Waals surface area contributed by atoms with Crippen LogP contribution < -0.4 is 0 Å². The number of carbonyl (C=O) groups excluding carboxylic acids is 3. The van der Waals surface area contributed by atoms with Gasteiger partial charge in [-0.25, -0.2) is 10.0 Å². The van der Waals surface area contributed by atoms with E-state index in [2.05, 4.69) is 0 Å². The summed E-state index contributed by atoms with van der Waals surface area (Å²) in [5.41, 5.74) is 0. The van der Waals surface area contributed by atoms with Crippen molar-refractivity contribution in [1.82, 2.24) is 10.0 Å². The van der Waals surface area contributed by atoms with Crippen LogP contribution in [0.25, 0.3) is 0 Å². The summed E-state index contributed by atoms with van der Waals surface area (Å²) >= 11 is 0. The molecule has 4 rings (SSSR count). The predicted molar refractivity (Wildman–Crippen MR) is 122 cm³/mol. The van der Waals surface area contributed by atoms with Gasteiger partial charge in [0.15, 0.2) is 13.1 Å². The highest BCUT2D eigenvalue weighted by Gasteiger charge is 2.43. The van der Waals surface area contributed by atoms with Gasteiger partial charge < -0.3 is 33.5 Å². The average molecular weight is 515 g/mol. The minimum atomic E-state index is -1.00. The number of rotatable bonds is 10. The monoisotopic (exact) mass is 514 g/mol. The second-order valence-corrected chi connectivity index (χ2v) is 9.66. The topological polar surface area (TPSA) is 133 Å². The molecule has 1 N–H and O–H groups in total. The number of aliphatic hydroxyl groups excluding tert-OH is 1. The number of carbonyl (C=O) groups is 3. The van der Waals surface area contributed by atoms with E-state index in [4.69, 9.17) is 28.4 Å². The van der Waals surface area contributed by atoms with E-state index >= 15 is 0 Å². The Balaban J connectivity index is 1.21. The highest BCUT2D eigenvalue weighted by atomic mass is 16.7. The number of esters is 3. The minimum Gasteiger partial charge on any atom is -0.437 e. The Morgan fingerprint density at radius 2 is 1.22 bits per heavy atom. The van der Waals surface area contributed by atoms with Crippen molar-refractivity contribution >= 4 is 17.9 Å². The largest absolute Gasteiger partial charge is 0.437 e. The normalized spacial score (nSPS) is 27.6. The molecule has 36 heavy (non-hydrogen) atoms. The second kappa shape index (κ2) is 13.6. The number of nitrogens with zero attached hydrogens (tertiary/aromatic N) is 2. The molecule has 204 valence electrons. The molecule has 0 aromatic carbocycles. The third-order valence-electron chi connectivity index (χ3n) is 7.39. The molecular weight excluding hydrogens is 476 g/mol. The number of hydrogen-bond acceptors (Lipinski definition) is 12. The standard InChI is InChI=1S/C24H38N2O10/c27-21(17-5-11-31-12-6-17)33-15-35-23(29)19-3-1-9-25(19)26-10-2-4-20(26)24(30)36-16-34-22(28)18-7-13-32-14-8-18/h17-21,27H,1-16H2/t19-,20-,21?/m1/s1. The van der Waals surface area contributed by atoms with E-state index in [1.165, 1.54) is 0 Å². The summed E-state index contributed by atoms with van der Waals surface area (Å²) in [6, 6.07) is -1.08. The van der Waals surface area contributed by atoms with Crippen molar-refractivity contribution < 1.29 is 47.9 Å². The Morgan fingerprint density at radius 1 is 0.722 bits per heavy atom. The molecule has 12 heteroatoms. The highest BCUT2D eigenvalue weighted by Crippen LogP contribution is 2.29. The fourth-order valence-electron chi connectivity index (χ4n) is 5.29. The van der Waals surface area contributed by atoms with Crippen LogP contribution in [0.4, 0.5) is 0 Å². The van der Waals surface area contributed by atoms with Crippen molar-refractivity contribution in [2.45, 2.75) is 69.7 Å². The fraction of sp³-hybridized carbons (Fsp3) is 0.875. The van der Waals surface area contributed by atoms with Crippen LogP contribution >= 0.6 is 0 Å².